The third kappa shape index (κ3) is 2.16. The van der Waals surface area contributed by atoms with E-state index in [4.69, 9.17) is 0 Å². The summed E-state index contributed by atoms with van der Waals surface area (Å²) < 4.78 is 28.6. The normalized spacial score (nSPS) is 27.0. The highest BCUT2D eigenvalue weighted by molar-refractivity contribution is 5.75. The van der Waals surface area contributed by atoms with E-state index in [1.807, 2.05) is 24.3 Å². The number of anilines is 2. The van der Waals surface area contributed by atoms with Crippen LogP contribution >= 0.6 is 0 Å². The van der Waals surface area contributed by atoms with Gasteiger partial charge >= 0.3 is 0 Å². The van der Waals surface area contributed by atoms with Gasteiger partial charge in [-0.15, -0.1) is 0 Å². The molecule has 0 aliphatic carbocycles. The smallest absolute Gasteiger partial charge is 0.183 e. The third-order valence-corrected chi connectivity index (χ3v) is 5.76. The minimum absolute atomic E-state index is 0.0242. The zero-order valence-corrected chi connectivity index (χ0v) is 14.8. The first-order valence-corrected chi connectivity index (χ1v) is 8.94. The summed E-state index contributed by atoms with van der Waals surface area (Å²) in [5.41, 5.74) is -0.395. The molecule has 0 spiro atoms. The summed E-state index contributed by atoms with van der Waals surface area (Å²) in [7, 11) is 0. The van der Waals surface area contributed by atoms with Gasteiger partial charge in [-0.1, -0.05) is 12.2 Å². The maximum Gasteiger partial charge on any atom is 0.183 e. The molecule has 28 heavy (non-hydrogen) atoms. The maximum atomic E-state index is 14.6. The molecule has 0 amide bonds. The number of aromatic nitrogens is 1. The van der Waals surface area contributed by atoms with E-state index >= 15 is 0 Å². The molecule has 1 aromatic heterocycles. The number of nitrogens with zero attached hydrogens (tertiary/aromatic N) is 4. The van der Waals surface area contributed by atoms with Crippen LogP contribution in [-0.4, -0.2) is 35.6 Å². The Bertz CT molecular complexity index is 1070. The van der Waals surface area contributed by atoms with Crippen LogP contribution in [0.25, 0.3) is 6.08 Å². The SMILES string of the molecule is N#Cc1ccc(F)c(F)c1N1CCC23C=Cc4cccnc4NC2(C1)N=CN3. The van der Waals surface area contributed by atoms with E-state index in [-0.39, 0.29) is 17.8 Å². The number of rotatable bonds is 1. The van der Waals surface area contributed by atoms with Gasteiger partial charge < -0.3 is 15.5 Å². The molecular formula is C20H16F2N6. The summed E-state index contributed by atoms with van der Waals surface area (Å²) in [6.45, 7) is 0.675. The number of fused-ring (bicyclic) bond motifs is 1. The minimum Gasteiger partial charge on any atom is -0.363 e. The van der Waals surface area contributed by atoms with Gasteiger partial charge in [-0.3, -0.25) is 0 Å². The first-order valence-electron chi connectivity index (χ1n) is 8.94. The van der Waals surface area contributed by atoms with Crippen molar-refractivity contribution in [2.24, 2.45) is 4.99 Å². The van der Waals surface area contributed by atoms with E-state index in [1.165, 1.54) is 6.07 Å². The van der Waals surface area contributed by atoms with Crippen molar-refractivity contribution in [1.82, 2.24) is 10.3 Å². The van der Waals surface area contributed by atoms with Crippen LogP contribution in [0.4, 0.5) is 20.3 Å². The molecule has 3 aliphatic heterocycles. The molecule has 6 nitrogen and oxygen atoms in total. The van der Waals surface area contributed by atoms with Gasteiger partial charge in [-0.2, -0.15) is 5.26 Å². The summed E-state index contributed by atoms with van der Waals surface area (Å²) in [4.78, 5) is 10.8. The fourth-order valence-electron chi connectivity index (χ4n) is 4.29. The van der Waals surface area contributed by atoms with E-state index in [2.05, 4.69) is 26.7 Å². The van der Waals surface area contributed by atoms with Gasteiger partial charge in [0.15, 0.2) is 17.3 Å². The minimum atomic E-state index is -1.01. The standard InChI is InChI=1S/C20H16F2N6/c21-15-4-3-14(10-23)17(16(15)22)28-9-7-19-6-5-13-2-1-8-24-18(13)27-20(19,11-28)26-12-25-19/h1-6,8,12H,7,9,11H2,(H,24,27)(H,25,26). The molecule has 3 aliphatic rings. The Morgan fingerprint density at radius 2 is 2.14 bits per heavy atom. The van der Waals surface area contributed by atoms with E-state index in [0.29, 0.717) is 18.8 Å². The molecule has 8 heteroatoms. The zero-order chi connectivity index (χ0) is 19.4. The first kappa shape index (κ1) is 16.7. The lowest BCUT2D eigenvalue weighted by Gasteiger charge is -2.50. The number of pyridine rings is 1. The molecule has 2 N–H and O–H groups in total. The molecule has 1 aromatic carbocycles. The summed E-state index contributed by atoms with van der Waals surface area (Å²) in [6, 6.07) is 8.06. The van der Waals surface area contributed by atoms with Crippen molar-refractivity contribution >= 4 is 23.9 Å². The van der Waals surface area contributed by atoms with Crippen LogP contribution in [0.3, 0.4) is 0 Å². The Morgan fingerprint density at radius 3 is 3.00 bits per heavy atom. The second-order valence-corrected chi connectivity index (χ2v) is 7.17. The van der Waals surface area contributed by atoms with Crippen LogP contribution in [0.5, 0.6) is 0 Å². The van der Waals surface area contributed by atoms with Crippen LogP contribution in [0.15, 0.2) is 41.5 Å². The molecule has 2 unspecified atom stereocenters. The Labute approximate surface area is 160 Å². The predicted molar refractivity (Wildman–Crippen MR) is 102 cm³/mol. The van der Waals surface area contributed by atoms with Crippen molar-refractivity contribution in [1.29, 1.82) is 5.26 Å². The lowest BCUT2D eigenvalue weighted by molar-refractivity contribution is 0.259. The number of hydrogen-bond donors (Lipinski definition) is 2. The van der Waals surface area contributed by atoms with E-state index in [9.17, 15) is 14.0 Å². The van der Waals surface area contributed by atoms with Crippen LogP contribution < -0.4 is 15.5 Å². The number of nitriles is 1. The number of halogens is 2. The quantitative estimate of drug-likeness (QED) is 0.798. The van der Waals surface area contributed by atoms with E-state index in [0.717, 1.165) is 11.6 Å². The van der Waals surface area contributed by atoms with Gasteiger partial charge in [-0.05, 0) is 30.7 Å². The molecular weight excluding hydrogens is 362 g/mol. The van der Waals surface area contributed by atoms with Crippen LogP contribution in [-0.2, 0) is 0 Å². The number of hydrogen-bond acceptors (Lipinski definition) is 6. The Kier molecular flexibility index (Phi) is 3.43. The Hall–Kier alpha value is -3.47. The molecule has 5 rings (SSSR count). The zero-order valence-electron chi connectivity index (χ0n) is 14.8. The summed E-state index contributed by atoms with van der Waals surface area (Å²) in [5, 5.41) is 16.2. The van der Waals surface area contributed by atoms with Crippen molar-refractivity contribution in [3.63, 3.8) is 0 Å². The lowest BCUT2D eigenvalue weighted by atomic mass is 9.78. The average molecular weight is 378 g/mol. The molecule has 4 heterocycles. The Balaban J connectivity index is 1.62. The second kappa shape index (κ2) is 5.76. The molecule has 0 bridgehead atoms. The average Bonchev–Trinajstić information content (AvgIpc) is 3.00. The van der Waals surface area contributed by atoms with Crippen molar-refractivity contribution < 1.29 is 8.78 Å². The fraction of sp³-hybridized carbons (Fsp3) is 0.250. The number of benzene rings is 1. The molecule has 2 atom stereocenters. The molecule has 2 aromatic rings. The molecule has 0 saturated carbocycles. The van der Waals surface area contributed by atoms with Gasteiger partial charge in [0.2, 0.25) is 0 Å². The third-order valence-electron chi connectivity index (χ3n) is 5.76. The predicted octanol–water partition coefficient (Wildman–Crippen LogP) is 2.65. The highest BCUT2D eigenvalue weighted by atomic mass is 19.2. The van der Waals surface area contributed by atoms with Crippen molar-refractivity contribution in [3.05, 3.63) is 59.3 Å². The molecule has 1 fully saturated rings. The molecule has 1 saturated heterocycles. The van der Waals surface area contributed by atoms with E-state index in [1.54, 1.807) is 17.4 Å². The van der Waals surface area contributed by atoms with Gasteiger partial charge in [0, 0.05) is 18.3 Å². The summed E-state index contributed by atoms with van der Waals surface area (Å²) in [6.07, 6.45) is 7.96. The maximum absolute atomic E-state index is 14.6. The highest BCUT2D eigenvalue weighted by Crippen LogP contribution is 2.44. The molecule has 140 valence electrons. The largest absolute Gasteiger partial charge is 0.363 e. The van der Waals surface area contributed by atoms with Crippen LogP contribution in [0, 0.1) is 23.0 Å². The summed E-state index contributed by atoms with van der Waals surface area (Å²) in [5.74, 6) is -1.32. The van der Waals surface area contributed by atoms with Gasteiger partial charge in [0.1, 0.15) is 17.4 Å². The van der Waals surface area contributed by atoms with Crippen molar-refractivity contribution in [2.75, 3.05) is 23.3 Å². The van der Waals surface area contributed by atoms with Gasteiger partial charge in [-0.25, -0.2) is 18.8 Å². The fourth-order valence-corrected chi connectivity index (χ4v) is 4.29. The monoisotopic (exact) mass is 378 g/mol. The second-order valence-electron chi connectivity index (χ2n) is 7.17. The lowest BCUT2D eigenvalue weighted by Crippen LogP contribution is -2.69. The Morgan fingerprint density at radius 1 is 1.25 bits per heavy atom. The van der Waals surface area contributed by atoms with Gasteiger partial charge in [0.05, 0.1) is 24.1 Å². The van der Waals surface area contributed by atoms with Crippen LogP contribution in [0.1, 0.15) is 17.5 Å². The molecule has 0 radical (unpaired) electrons. The van der Waals surface area contributed by atoms with Gasteiger partial charge in [0.25, 0.3) is 0 Å². The van der Waals surface area contributed by atoms with Crippen LogP contribution in [0.2, 0.25) is 0 Å². The van der Waals surface area contributed by atoms with Crippen molar-refractivity contribution in [3.8, 4) is 6.07 Å². The number of nitrogens with one attached hydrogen (secondary N) is 2. The van der Waals surface area contributed by atoms with E-state index < -0.39 is 22.8 Å². The number of piperidine rings is 1. The first-order chi connectivity index (χ1) is 13.6. The summed E-state index contributed by atoms with van der Waals surface area (Å²) >= 11 is 0. The number of aliphatic imine (C=N–C) groups is 1. The topological polar surface area (TPSA) is 76.3 Å². The highest BCUT2D eigenvalue weighted by Gasteiger charge is 2.57. The van der Waals surface area contributed by atoms with Crippen molar-refractivity contribution in [2.45, 2.75) is 17.6 Å².